The molecule has 1 unspecified atom stereocenters. The van der Waals surface area contributed by atoms with Crippen molar-refractivity contribution in [3.63, 3.8) is 0 Å². The maximum absolute atomic E-state index is 5.70. The second-order valence-corrected chi connectivity index (χ2v) is 4.25. The zero-order valence-corrected chi connectivity index (χ0v) is 10.1. The molecule has 82 valence electrons. The van der Waals surface area contributed by atoms with E-state index in [-0.39, 0.29) is 0 Å². The van der Waals surface area contributed by atoms with E-state index in [1.54, 1.807) is 0 Å². The Morgan fingerprint density at radius 1 is 1.40 bits per heavy atom. The summed E-state index contributed by atoms with van der Waals surface area (Å²) in [4.78, 5) is 0. The molecule has 2 heteroatoms. The molecule has 0 spiro atoms. The topological polar surface area (TPSA) is 12.0 Å². The van der Waals surface area contributed by atoms with Gasteiger partial charge in [-0.1, -0.05) is 49.4 Å². The average Bonchev–Trinajstić information content (AvgIpc) is 2.26. The number of hydrogen-bond acceptors (Lipinski definition) is 1. The molecule has 0 radical (unpaired) electrons. The van der Waals surface area contributed by atoms with Gasteiger partial charge >= 0.3 is 0 Å². The third-order valence-electron chi connectivity index (χ3n) is 2.49. The fraction of sp³-hybridized carbons (Fsp3) is 0.385. The molecule has 1 atom stereocenters. The molecule has 0 fully saturated rings. The van der Waals surface area contributed by atoms with Crippen molar-refractivity contribution in [3.8, 4) is 0 Å². The minimum atomic E-state index is 0.311. The van der Waals surface area contributed by atoms with Crippen LogP contribution in [0.3, 0.4) is 0 Å². The summed E-state index contributed by atoms with van der Waals surface area (Å²) in [6.07, 6.45) is 1.08. The van der Waals surface area contributed by atoms with Crippen LogP contribution < -0.4 is 5.32 Å². The van der Waals surface area contributed by atoms with E-state index in [2.05, 4.69) is 50.0 Å². The Balaban J connectivity index is 2.57. The molecule has 0 aromatic heterocycles. The van der Waals surface area contributed by atoms with Gasteiger partial charge in [0.2, 0.25) is 0 Å². The summed E-state index contributed by atoms with van der Waals surface area (Å²) in [6.45, 7) is 8.59. The van der Waals surface area contributed by atoms with Crippen molar-refractivity contribution in [2.24, 2.45) is 0 Å². The molecule has 0 amide bonds. The Hall–Kier alpha value is -0.790. The highest BCUT2D eigenvalue weighted by molar-refractivity contribution is 6.29. The SMILES string of the molecule is C=C(Cl)CNC(C)c1ccc(CC)cc1. The first-order valence-electron chi connectivity index (χ1n) is 5.29. The third kappa shape index (κ3) is 4.06. The van der Waals surface area contributed by atoms with Crippen LogP contribution in [0.15, 0.2) is 35.9 Å². The predicted octanol–water partition coefficient (Wildman–Crippen LogP) is 3.65. The van der Waals surface area contributed by atoms with Crippen LogP contribution in [0.5, 0.6) is 0 Å². The molecule has 0 aliphatic heterocycles. The lowest BCUT2D eigenvalue weighted by Gasteiger charge is -2.14. The Bertz CT molecular complexity index is 316. The molecular formula is C13H18ClN. The molecule has 1 rings (SSSR count). The molecule has 1 nitrogen and oxygen atoms in total. The molecule has 0 saturated carbocycles. The Morgan fingerprint density at radius 2 is 2.00 bits per heavy atom. The van der Waals surface area contributed by atoms with E-state index in [4.69, 9.17) is 11.6 Å². The van der Waals surface area contributed by atoms with Crippen LogP contribution in [0.4, 0.5) is 0 Å². The standard InChI is InChI=1S/C13H18ClN/c1-4-12-5-7-13(8-6-12)11(3)15-9-10(2)14/h5-8,11,15H,2,4,9H2,1,3H3. The van der Waals surface area contributed by atoms with E-state index in [0.717, 1.165) is 6.42 Å². The van der Waals surface area contributed by atoms with Gasteiger partial charge in [-0.15, -0.1) is 0 Å². The number of halogens is 1. The van der Waals surface area contributed by atoms with Crippen LogP contribution in [0.1, 0.15) is 31.0 Å². The summed E-state index contributed by atoms with van der Waals surface area (Å²) in [6, 6.07) is 8.97. The maximum atomic E-state index is 5.70. The van der Waals surface area contributed by atoms with Crippen molar-refractivity contribution in [2.75, 3.05) is 6.54 Å². The third-order valence-corrected chi connectivity index (χ3v) is 2.62. The van der Waals surface area contributed by atoms with Gasteiger partial charge in [0.25, 0.3) is 0 Å². The second kappa shape index (κ2) is 5.94. The number of nitrogens with one attached hydrogen (secondary N) is 1. The Kier molecular flexibility index (Phi) is 4.86. The van der Waals surface area contributed by atoms with E-state index in [1.165, 1.54) is 11.1 Å². The highest BCUT2D eigenvalue weighted by Crippen LogP contribution is 2.14. The summed E-state index contributed by atoms with van der Waals surface area (Å²) < 4.78 is 0. The van der Waals surface area contributed by atoms with Crippen molar-refractivity contribution in [1.82, 2.24) is 5.32 Å². The van der Waals surface area contributed by atoms with Crippen LogP contribution in [0, 0.1) is 0 Å². The van der Waals surface area contributed by atoms with Gasteiger partial charge in [-0.2, -0.15) is 0 Å². The maximum Gasteiger partial charge on any atom is 0.0313 e. The number of rotatable bonds is 5. The van der Waals surface area contributed by atoms with Crippen molar-refractivity contribution in [1.29, 1.82) is 0 Å². The lowest BCUT2D eigenvalue weighted by Crippen LogP contribution is -2.19. The summed E-state index contributed by atoms with van der Waals surface area (Å²) in [5.41, 5.74) is 2.65. The van der Waals surface area contributed by atoms with Gasteiger partial charge in [0.15, 0.2) is 0 Å². The Morgan fingerprint density at radius 3 is 2.47 bits per heavy atom. The van der Waals surface area contributed by atoms with Gasteiger partial charge in [-0.25, -0.2) is 0 Å². The molecule has 0 aliphatic carbocycles. The van der Waals surface area contributed by atoms with Crippen LogP contribution >= 0.6 is 11.6 Å². The monoisotopic (exact) mass is 223 g/mol. The number of hydrogen-bond donors (Lipinski definition) is 1. The molecule has 15 heavy (non-hydrogen) atoms. The van der Waals surface area contributed by atoms with Crippen LogP contribution in [-0.2, 0) is 6.42 Å². The molecule has 0 saturated heterocycles. The molecule has 1 aromatic carbocycles. The van der Waals surface area contributed by atoms with Crippen LogP contribution in [-0.4, -0.2) is 6.54 Å². The van der Waals surface area contributed by atoms with Crippen molar-refractivity contribution in [2.45, 2.75) is 26.3 Å². The molecule has 0 bridgehead atoms. The predicted molar refractivity (Wildman–Crippen MR) is 67.2 cm³/mol. The fourth-order valence-electron chi connectivity index (χ4n) is 1.42. The van der Waals surface area contributed by atoms with Gasteiger partial charge < -0.3 is 5.32 Å². The highest BCUT2D eigenvalue weighted by Gasteiger charge is 2.03. The van der Waals surface area contributed by atoms with Gasteiger partial charge in [0.1, 0.15) is 0 Å². The quantitative estimate of drug-likeness (QED) is 0.804. The molecule has 0 heterocycles. The first-order valence-corrected chi connectivity index (χ1v) is 5.66. The normalized spacial score (nSPS) is 12.5. The summed E-state index contributed by atoms with van der Waals surface area (Å²) in [5.74, 6) is 0. The zero-order chi connectivity index (χ0) is 11.3. The van der Waals surface area contributed by atoms with E-state index in [9.17, 15) is 0 Å². The van der Waals surface area contributed by atoms with Crippen molar-refractivity contribution < 1.29 is 0 Å². The van der Waals surface area contributed by atoms with Crippen LogP contribution in [0.25, 0.3) is 0 Å². The summed E-state index contributed by atoms with van der Waals surface area (Å²) in [7, 11) is 0. The first kappa shape index (κ1) is 12.3. The lowest BCUT2D eigenvalue weighted by molar-refractivity contribution is 0.614. The molecular weight excluding hydrogens is 206 g/mol. The lowest BCUT2D eigenvalue weighted by atomic mass is 10.1. The summed E-state index contributed by atoms with van der Waals surface area (Å²) >= 11 is 5.70. The number of aryl methyl sites for hydroxylation is 1. The van der Waals surface area contributed by atoms with E-state index >= 15 is 0 Å². The first-order chi connectivity index (χ1) is 7.13. The smallest absolute Gasteiger partial charge is 0.0313 e. The minimum Gasteiger partial charge on any atom is -0.305 e. The average molecular weight is 224 g/mol. The minimum absolute atomic E-state index is 0.311. The Labute approximate surface area is 97.1 Å². The van der Waals surface area contributed by atoms with Gasteiger partial charge in [0, 0.05) is 17.6 Å². The molecule has 1 N–H and O–H groups in total. The van der Waals surface area contributed by atoms with E-state index < -0.39 is 0 Å². The largest absolute Gasteiger partial charge is 0.305 e. The van der Waals surface area contributed by atoms with Gasteiger partial charge in [0.05, 0.1) is 0 Å². The van der Waals surface area contributed by atoms with E-state index in [0.29, 0.717) is 17.6 Å². The highest BCUT2D eigenvalue weighted by atomic mass is 35.5. The summed E-state index contributed by atoms with van der Waals surface area (Å²) in [5, 5.41) is 3.95. The molecule has 1 aromatic rings. The van der Waals surface area contributed by atoms with Crippen molar-refractivity contribution in [3.05, 3.63) is 47.0 Å². The van der Waals surface area contributed by atoms with Crippen LogP contribution in [0.2, 0.25) is 0 Å². The van der Waals surface area contributed by atoms with Crippen molar-refractivity contribution >= 4 is 11.6 Å². The van der Waals surface area contributed by atoms with Gasteiger partial charge in [-0.3, -0.25) is 0 Å². The van der Waals surface area contributed by atoms with Gasteiger partial charge in [-0.05, 0) is 24.5 Å². The number of benzene rings is 1. The second-order valence-electron chi connectivity index (χ2n) is 3.71. The molecule has 0 aliphatic rings. The zero-order valence-electron chi connectivity index (χ0n) is 9.39. The fourth-order valence-corrected chi connectivity index (χ4v) is 1.50. The van der Waals surface area contributed by atoms with E-state index in [1.807, 2.05) is 0 Å².